The molecule has 0 radical (unpaired) electrons. The molecule has 0 bridgehead atoms. The van der Waals surface area contributed by atoms with Crippen LogP contribution in [0.3, 0.4) is 0 Å². The summed E-state index contributed by atoms with van der Waals surface area (Å²) in [5, 5.41) is 9.26. The molecule has 7 nitrogen and oxygen atoms in total. The van der Waals surface area contributed by atoms with Crippen molar-refractivity contribution in [2.24, 2.45) is 0 Å². The molecule has 4 rings (SSSR count). The third-order valence-electron chi connectivity index (χ3n) is 5.06. The van der Waals surface area contributed by atoms with Gasteiger partial charge >= 0.3 is 5.97 Å². The molecule has 2 aromatic carbocycles. The lowest BCUT2D eigenvalue weighted by Crippen LogP contribution is -2.05. The van der Waals surface area contributed by atoms with Gasteiger partial charge in [-0.25, -0.2) is 4.79 Å². The van der Waals surface area contributed by atoms with Gasteiger partial charge < -0.3 is 23.4 Å². The zero-order valence-electron chi connectivity index (χ0n) is 17.9. The van der Waals surface area contributed by atoms with E-state index in [1.165, 1.54) is 24.0 Å². The van der Waals surface area contributed by atoms with Crippen molar-refractivity contribution in [2.75, 3.05) is 0 Å². The fourth-order valence-corrected chi connectivity index (χ4v) is 3.46. The number of furan rings is 1. The molecule has 0 atom stereocenters. The molecule has 0 aliphatic carbocycles. The minimum atomic E-state index is -1.15. The molecule has 7 heteroatoms. The van der Waals surface area contributed by atoms with E-state index in [0.29, 0.717) is 34.1 Å². The van der Waals surface area contributed by atoms with Gasteiger partial charge in [-0.3, -0.25) is 4.79 Å². The monoisotopic (exact) mass is 434 g/mol. The summed E-state index contributed by atoms with van der Waals surface area (Å²) in [6, 6.07) is 13.5. The van der Waals surface area contributed by atoms with E-state index in [1.807, 2.05) is 25.1 Å². The van der Waals surface area contributed by atoms with Crippen LogP contribution in [0, 0.1) is 6.92 Å². The number of aryl methyl sites for hydroxylation is 1. The fraction of sp³-hybridized carbons (Fsp3) is 0.200. The Balaban J connectivity index is 1.52. The maximum atomic E-state index is 12.9. The Morgan fingerprint density at radius 3 is 2.53 bits per heavy atom. The normalized spacial score (nSPS) is 11.1. The molecular formula is C25H22O7. The first kappa shape index (κ1) is 21.2. The number of aromatic carboxylic acids is 1. The van der Waals surface area contributed by atoms with E-state index in [2.05, 4.69) is 13.8 Å². The van der Waals surface area contributed by atoms with Crippen LogP contribution < -0.4 is 14.9 Å². The molecule has 0 unspecified atom stereocenters. The molecule has 32 heavy (non-hydrogen) atoms. The minimum Gasteiger partial charge on any atom is -0.486 e. The lowest BCUT2D eigenvalue weighted by atomic mass is 9.98. The van der Waals surface area contributed by atoms with Crippen LogP contribution in [0.4, 0.5) is 0 Å². The van der Waals surface area contributed by atoms with Gasteiger partial charge in [0.2, 0.25) is 16.9 Å². The summed E-state index contributed by atoms with van der Waals surface area (Å²) in [7, 11) is 0. The largest absolute Gasteiger partial charge is 0.486 e. The van der Waals surface area contributed by atoms with Crippen molar-refractivity contribution in [3.63, 3.8) is 0 Å². The molecule has 0 amide bonds. The highest BCUT2D eigenvalue weighted by Gasteiger charge is 2.13. The average Bonchev–Trinajstić information content (AvgIpc) is 3.23. The number of carboxylic acid groups (broad SMARTS) is 1. The van der Waals surface area contributed by atoms with Crippen LogP contribution in [0.25, 0.3) is 11.0 Å². The van der Waals surface area contributed by atoms with Gasteiger partial charge in [0, 0.05) is 6.07 Å². The van der Waals surface area contributed by atoms with Crippen LogP contribution in [0.15, 0.2) is 68.4 Å². The smallest absolute Gasteiger partial charge is 0.371 e. The molecule has 0 aliphatic rings. The Morgan fingerprint density at radius 1 is 1.06 bits per heavy atom. The van der Waals surface area contributed by atoms with Crippen LogP contribution in [-0.4, -0.2) is 11.1 Å². The van der Waals surface area contributed by atoms with Gasteiger partial charge in [-0.15, -0.1) is 0 Å². The lowest BCUT2D eigenvalue weighted by Gasteiger charge is -2.12. The highest BCUT2D eigenvalue weighted by molar-refractivity contribution is 5.84. The van der Waals surface area contributed by atoms with Crippen LogP contribution in [0.1, 0.15) is 47.2 Å². The van der Waals surface area contributed by atoms with Crippen molar-refractivity contribution < 1.29 is 28.2 Å². The Morgan fingerprint density at radius 2 is 1.84 bits per heavy atom. The van der Waals surface area contributed by atoms with Crippen molar-refractivity contribution in [1.29, 1.82) is 0 Å². The molecule has 164 valence electrons. The quantitative estimate of drug-likeness (QED) is 0.387. The van der Waals surface area contributed by atoms with Crippen LogP contribution in [0.5, 0.6) is 17.2 Å². The number of benzene rings is 2. The molecule has 1 N–H and O–H groups in total. The molecule has 0 spiro atoms. The van der Waals surface area contributed by atoms with Crippen molar-refractivity contribution in [1.82, 2.24) is 0 Å². The predicted octanol–water partition coefficient (Wildman–Crippen LogP) is 5.89. The second-order valence-corrected chi connectivity index (χ2v) is 7.72. The van der Waals surface area contributed by atoms with E-state index in [9.17, 15) is 9.59 Å². The number of hydrogen-bond donors (Lipinski definition) is 1. The molecule has 2 aromatic heterocycles. The summed E-state index contributed by atoms with van der Waals surface area (Å²) in [6.07, 6.45) is 1.28. The maximum Gasteiger partial charge on any atom is 0.371 e. The summed E-state index contributed by atoms with van der Waals surface area (Å²) >= 11 is 0. The van der Waals surface area contributed by atoms with Crippen LogP contribution >= 0.6 is 0 Å². The summed E-state index contributed by atoms with van der Waals surface area (Å²) in [5.74, 6) is 0.576. The standard InChI is InChI=1S/C25H22O7/c1-14(2)19-7-5-17(10-15(19)3)31-23-13-30-22-11-16(4-8-20(22)24(23)26)29-12-18-6-9-21(32-18)25(27)28/h4-11,13-14H,12H2,1-3H3,(H,27,28). The topological polar surface area (TPSA) is 99.1 Å². The van der Waals surface area contributed by atoms with Gasteiger partial charge in [-0.1, -0.05) is 19.9 Å². The first-order valence-corrected chi connectivity index (χ1v) is 10.1. The van der Waals surface area contributed by atoms with Gasteiger partial charge in [0.1, 0.15) is 35.7 Å². The van der Waals surface area contributed by atoms with E-state index >= 15 is 0 Å². The number of rotatable bonds is 7. The number of carboxylic acids is 1. The van der Waals surface area contributed by atoms with E-state index in [1.54, 1.807) is 18.2 Å². The number of hydrogen-bond acceptors (Lipinski definition) is 6. The summed E-state index contributed by atoms with van der Waals surface area (Å²) < 4.78 is 22.2. The van der Waals surface area contributed by atoms with Crippen LogP contribution in [-0.2, 0) is 6.61 Å². The summed E-state index contributed by atoms with van der Waals surface area (Å²) in [5.41, 5.74) is 2.37. The molecular weight excluding hydrogens is 412 g/mol. The van der Waals surface area contributed by atoms with E-state index in [4.69, 9.17) is 23.4 Å². The first-order chi connectivity index (χ1) is 15.3. The van der Waals surface area contributed by atoms with Gasteiger partial charge in [-0.05, 0) is 60.4 Å². The Labute approximate surface area is 183 Å². The Bertz CT molecular complexity index is 1340. The third kappa shape index (κ3) is 4.37. The van der Waals surface area contributed by atoms with Crippen molar-refractivity contribution in [3.8, 4) is 17.2 Å². The van der Waals surface area contributed by atoms with E-state index in [0.717, 1.165) is 5.56 Å². The fourth-order valence-electron chi connectivity index (χ4n) is 3.46. The van der Waals surface area contributed by atoms with Gasteiger partial charge in [0.05, 0.1) is 5.39 Å². The highest BCUT2D eigenvalue weighted by atomic mass is 16.5. The SMILES string of the molecule is Cc1cc(Oc2coc3cc(OCc4ccc(C(=O)O)o4)ccc3c2=O)ccc1C(C)C. The second kappa shape index (κ2) is 8.63. The molecule has 2 heterocycles. The highest BCUT2D eigenvalue weighted by Crippen LogP contribution is 2.28. The summed E-state index contributed by atoms with van der Waals surface area (Å²) in [4.78, 5) is 23.7. The molecule has 0 aliphatic heterocycles. The number of ether oxygens (including phenoxy) is 2. The van der Waals surface area contributed by atoms with Crippen LogP contribution in [0.2, 0.25) is 0 Å². The maximum absolute atomic E-state index is 12.9. The van der Waals surface area contributed by atoms with Gasteiger partial charge in [0.25, 0.3) is 0 Å². The zero-order valence-corrected chi connectivity index (χ0v) is 17.9. The number of carbonyl (C=O) groups is 1. The molecule has 0 saturated heterocycles. The minimum absolute atomic E-state index is 0.0376. The van der Waals surface area contributed by atoms with Gasteiger partial charge in [0.15, 0.2) is 0 Å². The van der Waals surface area contributed by atoms with E-state index in [-0.39, 0.29) is 23.5 Å². The molecule has 4 aromatic rings. The Kier molecular flexibility index (Phi) is 5.73. The second-order valence-electron chi connectivity index (χ2n) is 7.72. The Hall–Kier alpha value is -4.00. The van der Waals surface area contributed by atoms with Gasteiger partial charge in [-0.2, -0.15) is 0 Å². The first-order valence-electron chi connectivity index (χ1n) is 10.1. The average molecular weight is 434 g/mol. The third-order valence-corrected chi connectivity index (χ3v) is 5.06. The number of fused-ring (bicyclic) bond motifs is 1. The molecule has 0 fully saturated rings. The van der Waals surface area contributed by atoms with E-state index < -0.39 is 5.97 Å². The van der Waals surface area contributed by atoms with Crippen molar-refractivity contribution in [2.45, 2.75) is 33.3 Å². The predicted molar refractivity (Wildman–Crippen MR) is 118 cm³/mol. The lowest BCUT2D eigenvalue weighted by molar-refractivity contribution is 0.0658. The van der Waals surface area contributed by atoms with Crippen molar-refractivity contribution in [3.05, 3.63) is 87.7 Å². The zero-order chi connectivity index (χ0) is 22.8. The van der Waals surface area contributed by atoms with Crippen molar-refractivity contribution >= 4 is 16.9 Å². The molecule has 0 saturated carbocycles. The summed E-state index contributed by atoms with van der Waals surface area (Å²) in [6.45, 7) is 6.30.